The summed E-state index contributed by atoms with van der Waals surface area (Å²) in [6.07, 6.45) is 0. The average Bonchev–Trinajstić information content (AvgIpc) is 2.43. The molecule has 0 saturated carbocycles. The third-order valence-electron chi connectivity index (χ3n) is 1.89. The Labute approximate surface area is 84.9 Å². The number of hydrogen-bond donors (Lipinski definition) is 0. The lowest BCUT2D eigenvalue weighted by Crippen LogP contribution is -1.90. The zero-order valence-electron chi connectivity index (χ0n) is 7.00. The summed E-state index contributed by atoms with van der Waals surface area (Å²) in [6, 6.07) is 7.55. The molecule has 1 nitrogen and oxygen atoms in total. The van der Waals surface area contributed by atoms with Crippen molar-refractivity contribution in [2.45, 2.75) is 6.92 Å². The first-order chi connectivity index (χ1) is 6.18. The molecule has 0 saturated heterocycles. The van der Waals surface area contributed by atoms with Gasteiger partial charge in [0.15, 0.2) is 5.78 Å². The van der Waals surface area contributed by atoms with Crippen molar-refractivity contribution < 1.29 is 4.79 Å². The molecule has 66 valence electrons. The van der Waals surface area contributed by atoms with Crippen molar-refractivity contribution in [3.8, 4) is 0 Å². The van der Waals surface area contributed by atoms with E-state index in [-0.39, 0.29) is 5.78 Å². The van der Waals surface area contributed by atoms with Crippen molar-refractivity contribution in [3.05, 3.63) is 34.2 Å². The molecule has 1 heterocycles. The highest BCUT2D eigenvalue weighted by Crippen LogP contribution is 2.31. The second-order valence-corrected chi connectivity index (χ2v) is 4.51. The molecule has 13 heavy (non-hydrogen) atoms. The highest BCUT2D eigenvalue weighted by atomic mass is 35.5. The molecule has 0 N–H and O–H groups in total. The van der Waals surface area contributed by atoms with E-state index < -0.39 is 0 Å². The maximum Gasteiger partial charge on any atom is 0.161 e. The van der Waals surface area contributed by atoms with Crippen molar-refractivity contribution >= 4 is 38.8 Å². The summed E-state index contributed by atoms with van der Waals surface area (Å²) in [5.74, 6) is 0.0871. The number of carbonyl (C=O) groups is 1. The maximum atomic E-state index is 11.2. The molecular weight excluding hydrogens is 204 g/mol. The highest BCUT2D eigenvalue weighted by molar-refractivity contribution is 7.23. The summed E-state index contributed by atoms with van der Waals surface area (Å²) in [4.78, 5) is 11.2. The van der Waals surface area contributed by atoms with Crippen LogP contribution < -0.4 is 0 Å². The molecule has 0 atom stereocenters. The number of fused-ring (bicyclic) bond motifs is 1. The number of thiophene rings is 1. The molecule has 2 aromatic rings. The van der Waals surface area contributed by atoms with E-state index in [1.54, 1.807) is 6.92 Å². The second kappa shape index (κ2) is 3.13. The number of Topliss-reactive ketones (excluding diaryl/α,β-unsaturated/α-hetero) is 1. The third kappa shape index (κ3) is 1.47. The number of hydrogen-bond acceptors (Lipinski definition) is 2. The van der Waals surface area contributed by atoms with Gasteiger partial charge in [0.2, 0.25) is 0 Å². The molecule has 0 radical (unpaired) electrons. The first-order valence-electron chi connectivity index (χ1n) is 3.87. The van der Waals surface area contributed by atoms with E-state index in [9.17, 15) is 4.79 Å². The van der Waals surface area contributed by atoms with E-state index in [0.717, 1.165) is 20.0 Å². The van der Waals surface area contributed by atoms with Gasteiger partial charge >= 0.3 is 0 Å². The predicted octanol–water partition coefficient (Wildman–Crippen LogP) is 3.76. The second-order valence-electron chi connectivity index (χ2n) is 2.83. The van der Waals surface area contributed by atoms with Crippen molar-refractivity contribution in [2.75, 3.05) is 0 Å². The van der Waals surface area contributed by atoms with Crippen molar-refractivity contribution in [1.82, 2.24) is 0 Å². The molecule has 0 unspecified atom stereocenters. The fraction of sp³-hybridized carbons (Fsp3) is 0.100. The van der Waals surface area contributed by atoms with Gasteiger partial charge in [-0.3, -0.25) is 4.79 Å². The molecule has 0 aliphatic rings. The molecule has 0 aliphatic carbocycles. The number of ketones is 1. The Morgan fingerprint density at radius 2 is 2.23 bits per heavy atom. The van der Waals surface area contributed by atoms with Gasteiger partial charge in [0, 0.05) is 10.3 Å². The van der Waals surface area contributed by atoms with Gasteiger partial charge in [0.25, 0.3) is 0 Å². The molecule has 0 aliphatic heterocycles. The third-order valence-corrected chi connectivity index (χ3v) is 3.21. The van der Waals surface area contributed by atoms with Crippen LogP contribution in [-0.4, -0.2) is 5.78 Å². The van der Waals surface area contributed by atoms with Gasteiger partial charge in [-0.25, -0.2) is 0 Å². The van der Waals surface area contributed by atoms with Gasteiger partial charge in [0.1, 0.15) is 0 Å². The van der Waals surface area contributed by atoms with E-state index in [1.807, 2.05) is 24.3 Å². The zero-order chi connectivity index (χ0) is 9.42. The monoisotopic (exact) mass is 210 g/mol. The maximum absolute atomic E-state index is 11.2. The molecule has 3 heteroatoms. The number of carbonyl (C=O) groups excluding carboxylic acids is 1. The standard InChI is InChI=1S/C10H7ClOS/c1-6(12)8-4-2-3-7-5-9(11)13-10(7)8/h2-5H,1H3. The minimum absolute atomic E-state index is 0.0871. The van der Waals surface area contributed by atoms with Crippen molar-refractivity contribution in [3.63, 3.8) is 0 Å². The van der Waals surface area contributed by atoms with Gasteiger partial charge in [-0.05, 0) is 24.4 Å². The van der Waals surface area contributed by atoms with Gasteiger partial charge in [0.05, 0.1) is 4.34 Å². The number of rotatable bonds is 1. The molecule has 0 bridgehead atoms. The number of halogens is 1. The van der Waals surface area contributed by atoms with E-state index in [0.29, 0.717) is 0 Å². The van der Waals surface area contributed by atoms with Gasteiger partial charge in [-0.1, -0.05) is 23.7 Å². The van der Waals surface area contributed by atoms with Crippen LogP contribution >= 0.6 is 22.9 Å². The average molecular weight is 211 g/mol. The Morgan fingerprint density at radius 3 is 2.92 bits per heavy atom. The molecule has 0 fully saturated rings. The Hall–Kier alpha value is -0.860. The molecule has 0 spiro atoms. The van der Waals surface area contributed by atoms with Crippen LogP contribution in [0.3, 0.4) is 0 Å². The van der Waals surface area contributed by atoms with E-state index in [1.165, 1.54) is 11.3 Å². The van der Waals surface area contributed by atoms with Crippen LogP contribution in [-0.2, 0) is 0 Å². The van der Waals surface area contributed by atoms with Crippen LogP contribution in [0.4, 0.5) is 0 Å². The van der Waals surface area contributed by atoms with Gasteiger partial charge < -0.3 is 0 Å². The Morgan fingerprint density at radius 1 is 1.46 bits per heavy atom. The summed E-state index contributed by atoms with van der Waals surface area (Å²) >= 11 is 7.32. The van der Waals surface area contributed by atoms with E-state index >= 15 is 0 Å². The Balaban J connectivity index is 2.82. The molecule has 1 aromatic heterocycles. The molecule has 2 rings (SSSR count). The van der Waals surface area contributed by atoms with Crippen LogP contribution in [0.25, 0.3) is 10.1 Å². The summed E-state index contributed by atoms with van der Waals surface area (Å²) < 4.78 is 1.71. The van der Waals surface area contributed by atoms with Crippen LogP contribution in [0, 0.1) is 0 Å². The quantitative estimate of drug-likeness (QED) is 0.655. The normalized spacial score (nSPS) is 10.6. The van der Waals surface area contributed by atoms with Crippen LogP contribution in [0.5, 0.6) is 0 Å². The molecule has 0 amide bonds. The van der Waals surface area contributed by atoms with Gasteiger partial charge in [-0.2, -0.15) is 0 Å². The zero-order valence-corrected chi connectivity index (χ0v) is 8.58. The summed E-state index contributed by atoms with van der Waals surface area (Å²) in [6.45, 7) is 1.57. The lowest BCUT2D eigenvalue weighted by Gasteiger charge is -1.95. The van der Waals surface area contributed by atoms with E-state index in [2.05, 4.69) is 0 Å². The minimum atomic E-state index is 0.0871. The SMILES string of the molecule is CC(=O)c1cccc2cc(Cl)sc12. The molecule has 1 aromatic carbocycles. The Kier molecular flexibility index (Phi) is 2.10. The first-order valence-corrected chi connectivity index (χ1v) is 5.07. The molecular formula is C10H7ClOS. The summed E-state index contributed by atoms with van der Waals surface area (Å²) in [5.41, 5.74) is 0.759. The summed E-state index contributed by atoms with van der Waals surface area (Å²) in [5, 5.41) is 1.04. The van der Waals surface area contributed by atoms with Crippen LogP contribution in [0.15, 0.2) is 24.3 Å². The lowest BCUT2D eigenvalue weighted by atomic mass is 10.1. The van der Waals surface area contributed by atoms with Crippen LogP contribution in [0.2, 0.25) is 4.34 Å². The highest BCUT2D eigenvalue weighted by Gasteiger charge is 2.07. The smallest absolute Gasteiger partial charge is 0.161 e. The number of benzene rings is 1. The topological polar surface area (TPSA) is 17.1 Å². The van der Waals surface area contributed by atoms with E-state index in [4.69, 9.17) is 11.6 Å². The first kappa shape index (κ1) is 8.73. The van der Waals surface area contributed by atoms with Crippen LogP contribution in [0.1, 0.15) is 17.3 Å². The largest absolute Gasteiger partial charge is 0.294 e. The predicted molar refractivity (Wildman–Crippen MR) is 56.8 cm³/mol. The Bertz CT molecular complexity index is 473. The van der Waals surface area contributed by atoms with Gasteiger partial charge in [-0.15, -0.1) is 11.3 Å². The fourth-order valence-corrected chi connectivity index (χ4v) is 2.61. The fourth-order valence-electron chi connectivity index (χ4n) is 1.31. The lowest BCUT2D eigenvalue weighted by molar-refractivity contribution is 0.101. The summed E-state index contributed by atoms with van der Waals surface area (Å²) in [7, 11) is 0. The minimum Gasteiger partial charge on any atom is -0.294 e. The van der Waals surface area contributed by atoms with Crippen molar-refractivity contribution in [1.29, 1.82) is 0 Å². The van der Waals surface area contributed by atoms with Crippen molar-refractivity contribution in [2.24, 2.45) is 0 Å².